The minimum Gasteiger partial charge on any atom is -0.497 e. The fourth-order valence-electron chi connectivity index (χ4n) is 3.70. The largest absolute Gasteiger partial charge is 0.497 e. The van der Waals surface area contributed by atoms with Crippen molar-refractivity contribution < 1.29 is 19.0 Å². The monoisotopic (exact) mass is 491 g/mol. The van der Waals surface area contributed by atoms with Gasteiger partial charge in [0.15, 0.2) is 11.5 Å². The molecule has 8 heteroatoms. The third-order valence-electron chi connectivity index (χ3n) is 5.53. The molecule has 4 rings (SSSR count). The van der Waals surface area contributed by atoms with E-state index < -0.39 is 0 Å². The molecule has 0 saturated carbocycles. The van der Waals surface area contributed by atoms with Crippen LogP contribution in [-0.2, 0) is 6.42 Å². The van der Waals surface area contributed by atoms with Crippen LogP contribution in [-0.4, -0.2) is 43.6 Å². The molecule has 0 unspecified atom stereocenters. The van der Waals surface area contributed by atoms with Crippen LogP contribution in [0.1, 0.15) is 16.1 Å². The van der Waals surface area contributed by atoms with Crippen molar-refractivity contribution in [2.45, 2.75) is 6.42 Å². The number of halogens is 1. The number of carbonyl (C=O) groups excluding carboxylic acids is 1. The molecule has 0 aliphatic heterocycles. The van der Waals surface area contributed by atoms with Gasteiger partial charge in [0.05, 0.1) is 32.7 Å². The van der Waals surface area contributed by atoms with Gasteiger partial charge in [-0.05, 0) is 72.6 Å². The molecule has 1 N–H and O–H groups in total. The van der Waals surface area contributed by atoms with Gasteiger partial charge in [0, 0.05) is 17.1 Å². The van der Waals surface area contributed by atoms with Gasteiger partial charge in [0.25, 0.3) is 5.91 Å². The first-order valence-corrected chi connectivity index (χ1v) is 11.4. The molecule has 0 atom stereocenters. The summed E-state index contributed by atoms with van der Waals surface area (Å²) in [7, 11) is 4.81. The number of nitrogens with zero attached hydrogens (tertiary/aromatic N) is 2. The number of benzene rings is 3. The lowest BCUT2D eigenvalue weighted by molar-refractivity contribution is 0.0946. The Morgan fingerprint density at radius 2 is 1.69 bits per heavy atom. The van der Waals surface area contributed by atoms with Gasteiger partial charge in [-0.1, -0.05) is 23.7 Å². The number of methoxy groups -OCH3 is 3. The summed E-state index contributed by atoms with van der Waals surface area (Å²) in [4.78, 5) is 13.2. The summed E-state index contributed by atoms with van der Waals surface area (Å²) in [6.45, 7) is 0.437. The molecule has 3 aromatic carbocycles. The molecule has 0 bridgehead atoms. The fourth-order valence-corrected chi connectivity index (χ4v) is 3.88. The molecule has 7 nitrogen and oxygen atoms in total. The average molecular weight is 492 g/mol. The number of ether oxygens (including phenoxy) is 3. The van der Waals surface area contributed by atoms with E-state index in [1.54, 1.807) is 44.2 Å². The number of hydrogen-bond acceptors (Lipinski definition) is 5. The van der Waals surface area contributed by atoms with Gasteiger partial charge in [-0.3, -0.25) is 4.79 Å². The third kappa shape index (κ3) is 5.58. The lowest BCUT2D eigenvalue weighted by atomic mass is 10.1. The molecule has 0 saturated heterocycles. The van der Waals surface area contributed by atoms with Crippen molar-refractivity contribution in [2.24, 2.45) is 0 Å². The number of carbonyl (C=O) groups is 1. The molecule has 0 spiro atoms. The number of aromatic nitrogens is 2. The Balaban J connectivity index is 1.57. The highest BCUT2D eigenvalue weighted by Crippen LogP contribution is 2.28. The van der Waals surface area contributed by atoms with Crippen molar-refractivity contribution in [3.8, 4) is 34.2 Å². The highest BCUT2D eigenvalue weighted by Gasteiger charge is 2.18. The van der Waals surface area contributed by atoms with E-state index in [0.717, 1.165) is 16.9 Å². The minimum atomic E-state index is -0.238. The van der Waals surface area contributed by atoms with Gasteiger partial charge < -0.3 is 19.5 Å². The predicted octanol–water partition coefficient (Wildman–Crippen LogP) is 5.19. The van der Waals surface area contributed by atoms with E-state index in [9.17, 15) is 4.79 Å². The quantitative estimate of drug-likeness (QED) is 0.348. The van der Waals surface area contributed by atoms with Crippen molar-refractivity contribution in [3.63, 3.8) is 0 Å². The molecule has 0 aliphatic rings. The van der Waals surface area contributed by atoms with Gasteiger partial charge in [0.1, 0.15) is 11.4 Å². The van der Waals surface area contributed by atoms with E-state index in [1.807, 2.05) is 54.6 Å². The maximum atomic E-state index is 13.2. The highest BCUT2D eigenvalue weighted by atomic mass is 35.5. The van der Waals surface area contributed by atoms with E-state index in [-0.39, 0.29) is 5.91 Å². The maximum Gasteiger partial charge on any atom is 0.270 e. The number of hydrogen-bond donors (Lipinski definition) is 1. The zero-order valence-electron chi connectivity index (χ0n) is 19.7. The molecule has 1 aromatic heterocycles. The summed E-state index contributed by atoms with van der Waals surface area (Å²) in [6.07, 6.45) is 0.628. The lowest BCUT2D eigenvalue weighted by Gasteiger charge is -2.11. The van der Waals surface area contributed by atoms with Crippen LogP contribution >= 0.6 is 11.6 Å². The van der Waals surface area contributed by atoms with Crippen molar-refractivity contribution >= 4 is 17.5 Å². The summed E-state index contributed by atoms with van der Waals surface area (Å²) in [5.41, 5.74) is 3.65. The van der Waals surface area contributed by atoms with Crippen LogP contribution in [0.15, 0.2) is 72.8 Å². The third-order valence-corrected chi connectivity index (χ3v) is 5.76. The van der Waals surface area contributed by atoms with Gasteiger partial charge >= 0.3 is 0 Å². The first-order chi connectivity index (χ1) is 17.0. The molecule has 0 aliphatic carbocycles. The molecule has 0 radical (unpaired) electrons. The fraction of sp³-hybridized carbons (Fsp3) is 0.185. The zero-order valence-corrected chi connectivity index (χ0v) is 20.5. The molecule has 0 fully saturated rings. The Morgan fingerprint density at radius 3 is 2.37 bits per heavy atom. The topological polar surface area (TPSA) is 74.6 Å². The lowest BCUT2D eigenvalue weighted by Crippen LogP contribution is -2.27. The van der Waals surface area contributed by atoms with Crippen molar-refractivity contribution in [1.29, 1.82) is 0 Å². The van der Waals surface area contributed by atoms with E-state index in [0.29, 0.717) is 46.6 Å². The Kier molecular flexibility index (Phi) is 7.57. The number of amides is 1. The predicted molar refractivity (Wildman–Crippen MR) is 136 cm³/mol. The standard InChI is InChI=1S/C27H26ClN3O4/c1-33-22-10-8-19(9-11-22)23-17-24(31(30-23)21-6-4-5-20(28)16-21)27(32)29-14-13-18-7-12-25(34-2)26(15-18)35-3/h4-12,15-17H,13-14H2,1-3H3,(H,29,32). The summed E-state index contributed by atoms with van der Waals surface area (Å²) >= 11 is 6.21. The molecular weight excluding hydrogens is 466 g/mol. The van der Waals surface area contributed by atoms with Crippen molar-refractivity contribution in [1.82, 2.24) is 15.1 Å². The van der Waals surface area contributed by atoms with Crippen LogP contribution in [0, 0.1) is 0 Å². The van der Waals surface area contributed by atoms with E-state index in [1.165, 1.54) is 0 Å². The van der Waals surface area contributed by atoms with E-state index >= 15 is 0 Å². The Bertz CT molecular complexity index is 1320. The molecule has 180 valence electrons. The second-order valence-corrected chi connectivity index (χ2v) is 8.17. The molecular formula is C27H26ClN3O4. The van der Waals surface area contributed by atoms with E-state index in [2.05, 4.69) is 5.32 Å². The van der Waals surface area contributed by atoms with Crippen LogP contribution in [0.3, 0.4) is 0 Å². The summed E-state index contributed by atoms with van der Waals surface area (Å²) in [5.74, 6) is 1.82. The van der Waals surface area contributed by atoms with Crippen LogP contribution in [0.2, 0.25) is 5.02 Å². The molecule has 4 aromatic rings. The van der Waals surface area contributed by atoms with Crippen LogP contribution in [0.5, 0.6) is 17.2 Å². The maximum absolute atomic E-state index is 13.2. The Hall–Kier alpha value is -3.97. The van der Waals surface area contributed by atoms with Gasteiger partial charge in [-0.25, -0.2) is 4.68 Å². The van der Waals surface area contributed by atoms with Crippen molar-refractivity contribution in [2.75, 3.05) is 27.9 Å². The molecule has 1 amide bonds. The highest BCUT2D eigenvalue weighted by molar-refractivity contribution is 6.30. The molecule has 1 heterocycles. The van der Waals surface area contributed by atoms with Gasteiger partial charge in [-0.2, -0.15) is 5.10 Å². The first kappa shape index (κ1) is 24.2. The average Bonchev–Trinajstić information content (AvgIpc) is 3.34. The summed E-state index contributed by atoms with van der Waals surface area (Å²) < 4.78 is 17.5. The Labute approximate surface area is 209 Å². The first-order valence-electron chi connectivity index (χ1n) is 11.0. The van der Waals surface area contributed by atoms with Crippen LogP contribution in [0.25, 0.3) is 16.9 Å². The minimum absolute atomic E-state index is 0.238. The normalized spacial score (nSPS) is 10.6. The SMILES string of the molecule is COc1ccc(-c2cc(C(=O)NCCc3ccc(OC)c(OC)c3)n(-c3cccc(Cl)c3)n2)cc1. The van der Waals surface area contributed by atoms with Crippen molar-refractivity contribution in [3.05, 3.63) is 89.1 Å². The van der Waals surface area contributed by atoms with Crippen LogP contribution in [0.4, 0.5) is 0 Å². The smallest absolute Gasteiger partial charge is 0.270 e. The second kappa shape index (κ2) is 11.0. The zero-order chi connectivity index (χ0) is 24.8. The second-order valence-electron chi connectivity index (χ2n) is 7.73. The van der Waals surface area contributed by atoms with Gasteiger partial charge in [-0.15, -0.1) is 0 Å². The Morgan fingerprint density at radius 1 is 0.914 bits per heavy atom. The number of rotatable bonds is 9. The van der Waals surface area contributed by atoms with Crippen LogP contribution < -0.4 is 19.5 Å². The summed E-state index contributed by atoms with van der Waals surface area (Å²) in [6, 6.07) is 22.2. The summed E-state index contributed by atoms with van der Waals surface area (Å²) in [5, 5.41) is 8.26. The van der Waals surface area contributed by atoms with Gasteiger partial charge in [0.2, 0.25) is 0 Å². The van der Waals surface area contributed by atoms with E-state index in [4.69, 9.17) is 30.9 Å². The number of nitrogens with one attached hydrogen (secondary N) is 1. The molecule has 35 heavy (non-hydrogen) atoms.